The molecule has 0 aliphatic carbocycles. The van der Waals surface area contributed by atoms with Gasteiger partial charge in [-0.05, 0) is 69.2 Å². The van der Waals surface area contributed by atoms with Gasteiger partial charge in [0.1, 0.15) is 11.1 Å². The first kappa shape index (κ1) is 28.8. The number of sulfonamides is 1. The summed E-state index contributed by atoms with van der Waals surface area (Å²) in [5, 5.41) is 15.0. The Morgan fingerprint density at radius 3 is 2.49 bits per heavy atom. The lowest BCUT2D eigenvalue weighted by Crippen LogP contribution is -2.58. The number of amides is 2. The molecule has 0 bridgehead atoms. The zero-order valence-corrected chi connectivity index (χ0v) is 23.8. The number of ether oxygens (including phenoxy) is 1. The van der Waals surface area contributed by atoms with Crippen LogP contribution in [0.2, 0.25) is 0 Å². The van der Waals surface area contributed by atoms with Gasteiger partial charge < -0.3 is 15.0 Å². The molecule has 0 aromatic heterocycles. The molecule has 2 saturated heterocycles. The molecule has 0 spiro atoms. The SMILES string of the molecule is CC(C)(C)OC(=O)N1CCCC(C(=O)NC2(C#N)CCN(S(=O)(=O)CCc3cccc4ccccc34)CC2)C1. The molecule has 2 aromatic rings. The van der Waals surface area contributed by atoms with E-state index in [-0.39, 0.29) is 44.1 Å². The number of carbonyl (C=O) groups excluding carboxylic acids is 2. The summed E-state index contributed by atoms with van der Waals surface area (Å²) in [6.45, 7) is 6.48. The second-order valence-corrected chi connectivity index (χ2v) is 13.6. The number of carbonyl (C=O) groups is 2. The molecule has 2 heterocycles. The highest BCUT2D eigenvalue weighted by molar-refractivity contribution is 7.89. The Morgan fingerprint density at radius 2 is 1.79 bits per heavy atom. The number of fused-ring (bicyclic) bond motifs is 1. The highest BCUT2D eigenvalue weighted by Gasteiger charge is 2.41. The third kappa shape index (κ3) is 7.08. The summed E-state index contributed by atoms with van der Waals surface area (Å²) in [5.41, 5.74) is -0.770. The van der Waals surface area contributed by atoms with Crippen LogP contribution >= 0.6 is 0 Å². The van der Waals surface area contributed by atoms with E-state index in [1.165, 1.54) is 4.31 Å². The fourth-order valence-corrected chi connectivity index (χ4v) is 6.79. The van der Waals surface area contributed by atoms with Gasteiger partial charge in [0, 0.05) is 26.2 Å². The number of piperidine rings is 2. The van der Waals surface area contributed by atoms with Crippen molar-refractivity contribution in [3.05, 3.63) is 48.0 Å². The van der Waals surface area contributed by atoms with E-state index in [9.17, 15) is 23.3 Å². The molecule has 210 valence electrons. The Labute approximate surface area is 231 Å². The summed E-state index contributed by atoms with van der Waals surface area (Å²) < 4.78 is 33.2. The average molecular weight is 555 g/mol. The summed E-state index contributed by atoms with van der Waals surface area (Å²) >= 11 is 0. The van der Waals surface area contributed by atoms with Crippen molar-refractivity contribution in [1.29, 1.82) is 5.26 Å². The summed E-state index contributed by atoms with van der Waals surface area (Å²) in [4.78, 5) is 27.2. The van der Waals surface area contributed by atoms with Crippen LogP contribution in [0.5, 0.6) is 0 Å². The van der Waals surface area contributed by atoms with Crippen molar-refractivity contribution in [3.63, 3.8) is 0 Å². The number of hydrogen-bond acceptors (Lipinski definition) is 6. The molecule has 2 aliphatic rings. The maximum absolute atomic E-state index is 13.2. The minimum absolute atomic E-state index is 0.0184. The van der Waals surface area contributed by atoms with Gasteiger partial charge in [-0.3, -0.25) is 4.79 Å². The molecule has 1 N–H and O–H groups in total. The lowest BCUT2D eigenvalue weighted by atomic mass is 9.88. The van der Waals surface area contributed by atoms with Crippen LogP contribution in [0.1, 0.15) is 52.0 Å². The second kappa shape index (κ2) is 11.5. The van der Waals surface area contributed by atoms with Crippen LogP contribution in [0.3, 0.4) is 0 Å². The fraction of sp³-hybridized carbons (Fsp3) is 0.552. The van der Waals surface area contributed by atoms with Crippen LogP contribution in [0, 0.1) is 17.2 Å². The molecule has 2 fully saturated rings. The van der Waals surface area contributed by atoms with Gasteiger partial charge in [0.05, 0.1) is 17.7 Å². The first-order chi connectivity index (χ1) is 18.4. The number of rotatable bonds is 6. The monoisotopic (exact) mass is 554 g/mol. The molecular weight excluding hydrogens is 516 g/mol. The quantitative estimate of drug-likeness (QED) is 0.580. The van der Waals surface area contributed by atoms with E-state index in [1.807, 2.05) is 42.5 Å². The van der Waals surface area contributed by atoms with Gasteiger partial charge in [-0.25, -0.2) is 17.5 Å². The third-order valence-electron chi connectivity index (χ3n) is 7.50. The molecule has 2 aromatic carbocycles. The van der Waals surface area contributed by atoms with Gasteiger partial charge in [0.2, 0.25) is 15.9 Å². The number of nitrogens with one attached hydrogen (secondary N) is 1. The maximum Gasteiger partial charge on any atom is 0.410 e. The molecule has 9 nitrogen and oxygen atoms in total. The zero-order chi connectivity index (χ0) is 28.3. The van der Waals surface area contributed by atoms with Crippen molar-refractivity contribution in [1.82, 2.24) is 14.5 Å². The summed E-state index contributed by atoms with van der Waals surface area (Å²) in [7, 11) is -3.54. The highest BCUT2D eigenvalue weighted by atomic mass is 32.2. The van der Waals surface area contributed by atoms with Gasteiger partial charge in [-0.2, -0.15) is 5.26 Å². The molecule has 2 aliphatic heterocycles. The van der Waals surface area contributed by atoms with Gasteiger partial charge >= 0.3 is 6.09 Å². The van der Waals surface area contributed by atoms with E-state index >= 15 is 0 Å². The minimum atomic E-state index is -3.54. The van der Waals surface area contributed by atoms with E-state index in [2.05, 4.69) is 11.4 Å². The molecule has 4 rings (SSSR count). The van der Waals surface area contributed by atoms with Crippen LogP contribution in [0.4, 0.5) is 4.79 Å². The molecule has 39 heavy (non-hydrogen) atoms. The summed E-state index contributed by atoms with van der Waals surface area (Å²) in [5.74, 6) is -0.744. The molecule has 1 unspecified atom stereocenters. The predicted molar refractivity (Wildman–Crippen MR) is 149 cm³/mol. The first-order valence-electron chi connectivity index (χ1n) is 13.6. The van der Waals surface area contributed by atoms with Crippen LogP contribution < -0.4 is 5.32 Å². The maximum atomic E-state index is 13.2. The first-order valence-corrected chi connectivity index (χ1v) is 15.2. The molecule has 0 saturated carbocycles. The van der Waals surface area contributed by atoms with Crippen LogP contribution in [-0.2, 0) is 26.0 Å². The Hall–Kier alpha value is -3.16. The van der Waals surface area contributed by atoms with Crippen LogP contribution in [0.25, 0.3) is 10.8 Å². The number of aryl methyl sites for hydroxylation is 1. The lowest BCUT2D eigenvalue weighted by molar-refractivity contribution is -0.128. The third-order valence-corrected chi connectivity index (χ3v) is 9.37. The van der Waals surface area contributed by atoms with Crippen LogP contribution in [-0.4, -0.2) is 72.7 Å². The van der Waals surface area contributed by atoms with Crippen molar-refractivity contribution in [2.75, 3.05) is 31.9 Å². The van der Waals surface area contributed by atoms with E-state index < -0.39 is 33.2 Å². The second-order valence-electron chi connectivity index (χ2n) is 11.6. The van der Waals surface area contributed by atoms with E-state index in [1.54, 1.807) is 25.7 Å². The molecular formula is C29H38N4O5S. The van der Waals surface area contributed by atoms with Gasteiger partial charge in [0.15, 0.2) is 0 Å². The van der Waals surface area contributed by atoms with E-state index in [4.69, 9.17) is 4.74 Å². The topological polar surface area (TPSA) is 120 Å². The van der Waals surface area contributed by atoms with Gasteiger partial charge in [-0.15, -0.1) is 0 Å². The van der Waals surface area contributed by atoms with Crippen molar-refractivity contribution in [2.24, 2.45) is 5.92 Å². The number of hydrogen-bond donors (Lipinski definition) is 1. The Kier molecular flexibility index (Phi) is 8.52. The molecule has 2 amide bonds. The summed E-state index contributed by atoms with van der Waals surface area (Å²) in [6, 6.07) is 16.1. The number of likely N-dealkylation sites (tertiary alicyclic amines) is 1. The normalized spacial score (nSPS) is 20.3. The van der Waals surface area contributed by atoms with Crippen LogP contribution in [0.15, 0.2) is 42.5 Å². The minimum Gasteiger partial charge on any atom is -0.444 e. The molecule has 10 heteroatoms. The van der Waals surface area contributed by atoms with E-state index in [0.717, 1.165) is 16.3 Å². The lowest BCUT2D eigenvalue weighted by Gasteiger charge is -2.39. The molecule has 0 radical (unpaired) electrons. The fourth-order valence-electron chi connectivity index (χ4n) is 5.31. The number of nitrogens with zero attached hydrogens (tertiary/aromatic N) is 3. The van der Waals surface area contributed by atoms with Crippen molar-refractivity contribution in [2.45, 2.75) is 64.0 Å². The highest BCUT2D eigenvalue weighted by Crippen LogP contribution is 2.27. The Morgan fingerprint density at radius 1 is 1.10 bits per heavy atom. The smallest absolute Gasteiger partial charge is 0.410 e. The van der Waals surface area contributed by atoms with E-state index in [0.29, 0.717) is 25.8 Å². The van der Waals surface area contributed by atoms with Crippen molar-refractivity contribution < 1.29 is 22.7 Å². The Bertz CT molecular complexity index is 1350. The largest absolute Gasteiger partial charge is 0.444 e. The molecule has 1 atom stereocenters. The number of nitriles is 1. The summed E-state index contributed by atoms with van der Waals surface area (Å²) in [6.07, 6.45) is 1.66. The van der Waals surface area contributed by atoms with Crippen molar-refractivity contribution in [3.8, 4) is 6.07 Å². The zero-order valence-electron chi connectivity index (χ0n) is 23.0. The average Bonchev–Trinajstić information content (AvgIpc) is 2.91. The predicted octanol–water partition coefficient (Wildman–Crippen LogP) is 3.83. The standard InChI is InChI=1S/C29H38N4O5S/c1-28(2,3)38-27(35)32-16-7-11-24(20-32)26(34)31-29(21-30)14-17-33(18-15-29)39(36,37)19-13-23-10-6-9-22-8-4-5-12-25(22)23/h4-6,8-10,12,24H,7,11,13-20H2,1-3H3,(H,31,34). The van der Waals surface area contributed by atoms with Crippen molar-refractivity contribution >= 4 is 32.8 Å². The van der Waals surface area contributed by atoms with Gasteiger partial charge in [-0.1, -0.05) is 42.5 Å². The number of benzene rings is 2. The Balaban J connectivity index is 1.33. The van der Waals surface area contributed by atoms with Gasteiger partial charge in [0.25, 0.3) is 0 Å².